The summed E-state index contributed by atoms with van der Waals surface area (Å²) in [6.45, 7) is 8.27. The molecule has 5 rings (SSSR count). The van der Waals surface area contributed by atoms with Gasteiger partial charge in [0.25, 0.3) is 5.91 Å². The third kappa shape index (κ3) is 3.83. The summed E-state index contributed by atoms with van der Waals surface area (Å²) in [6, 6.07) is 20.8. The van der Waals surface area contributed by atoms with Gasteiger partial charge in [0.2, 0.25) is 0 Å². The van der Waals surface area contributed by atoms with Crippen LogP contribution in [-0.4, -0.2) is 20.8 Å². The number of benzene rings is 2. The Labute approximate surface area is 200 Å². The maximum Gasteiger partial charge on any atom is 0.278 e. The highest BCUT2D eigenvalue weighted by Crippen LogP contribution is 2.39. The Morgan fingerprint density at radius 2 is 1.76 bits per heavy atom. The van der Waals surface area contributed by atoms with Crippen LogP contribution in [0.15, 0.2) is 65.2 Å². The number of aromatic nitrogens is 3. The molecule has 174 valence electrons. The lowest BCUT2D eigenvalue weighted by molar-refractivity contribution is 0.101. The van der Waals surface area contributed by atoms with Crippen molar-refractivity contribution >= 4 is 11.6 Å². The van der Waals surface area contributed by atoms with Crippen molar-refractivity contribution in [2.75, 3.05) is 5.32 Å². The maximum atomic E-state index is 13.4. The van der Waals surface area contributed by atoms with E-state index in [0.717, 1.165) is 53.2 Å². The molecule has 1 aliphatic carbocycles. The smallest absolute Gasteiger partial charge is 0.278 e. The molecule has 6 heteroatoms. The summed E-state index contributed by atoms with van der Waals surface area (Å²) in [6.07, 6.45) is 2.45. The maximum absolute atomic E-state index is 13.4. The Morgan fingerprint density at radius 1 is 1.09 bits per heavy atom. The van der Waals surface area contributed by atoms with Crippen molar-refractivity contribution in [3.05, 3.63) is 100 Å². The number of rotatable bonds is 5. The second-order valence-corrected chi connectivity index (χ2v) is 9.57. The quantitative estimate of drug-likeness (QED) is 0.414. The molecule has 2 unspecified atom stereocenters. The van der Waals surface area contributed by atoms with Gasteiger partial charge in [-0.2, -0.15) is 5.10 Å². The number of fused-ring (bicyclic) bond motifs is 1. The molecule has 4 aromatic rings. The van der Waals surface area contributed by atoms with Crippen LogP contribution in [0.5, 0.6) is 0 Å². The van der Waals surface area contributed by atoms with Crippen molar-refractivity contribution < 1.29 is 9.32 Å². The van der Waals surface area contributed by atoms with Crippen molar-refractivity contribution in [3.63, 3.8) is 0 Å². The van der Waals surface area contributed by atoms with Gasteiger partial charge in [0.1, 0.15) is 5.76 Å². The molecule has 2 aromatic carbocycles. The molecule has 0 saturated carbocycles. The number of amides is 1. The van der Waals surface area contributed by atoms with Crippen molar-refractivity contribution in [3.8, 4) is 0 Å². The third-order valence-electron chi connectivity index (χ3n) is 7.24. The SMILES string of the molecule is Cc1nn(C(C)c2ccccc2)c(C)c1NC(=O)c1noc2c1CC(C)(c1ccccc1)CC2. The van der Waals surface area contributed by atoms with Gasteiger partial charge in [-0.1, -0.05) is 72.7 Å². The summed E-state index contributed by atoms with van der Waals surface area (Å²) in [5, 5.41) is 12.0. The van der Waals surface area contributed by atoms with E-state index in [9.17, 15) is 4.79 Å². The average Bonchev–Trinajstić information content (AvgIpc) is 3.40. The highest BCUT2D eigenvalue weighted by atomic mass is 16.5. The molecular formula is C28H30N4O2. The fraction of sp³-hybridized carbons (Fsp3) is 0.321. The molecule has 1 N–H and O–H groups in total. The first-order valence-corrected chi connectivity index (χ1v) is 11.8. The third-order valence-corrected chi connectivity index (χ3v) is 7.24. The van der Waals surface area contributed by atoms with Crippen LogP contribution in [0.3, 0.4) is 0 Å². The molecule has 0 bridgehead atoms. The van der Waals surface area contributed by atoms with Crippen LogP contribution in [-0.2, 0) is 18.3 Å². The summed E-state index contributed by atoms with van der Waals surface area (Å²) >= 11 is 0. The van der Waals surface area contributed by atoms with Gasteiger partial charge in [-0.05, 0) is 50.2 Å². The first-order chi connectivity index (χ1) is 16.4. The highest BCUT2D eigenvalue weighted by Gasteiger charge is 2.37. The van der Waals surface area contributed by atoms with Gasteiger partial charge in [-0.15, -0.1) is 0 Å². The topological polar surface area (TPSA) is 73.0 Å². The Bertz CT molecular complexity index is 1320. The fourth-order valence-electron chi connectivity index (χ4n) is 5.12. The highest BCUT2D eigenvalue weighted by molar-refractivity contribution is 6.04. The Hall–Kier alpha value is -3.67. The zero-order valence-corrected chi connectivity index (χ0v) is 20.1. The summed E-state index contributed by atoms with van der Waals surface area (Å²) in [7, 11) is 0. The van der Waals surface area contributed by atoms with Gasteiger partial charge in [-0.3, -0.25) is 9.48 Å². The minimum absolute atomic E-state index is 0.0527. The van der Waals surface area contributed by atoms with Gasteiger partial charge in [0, 0.05) is 12.0 Å². The van der Waals surface area contributed by atoms with Crippen LogP contribution in [0.4, 0.5) is 5.69 Å². The second kappa shape index (κ2) is 8.60. The number of carbonyl (C=O) groups excluding carboxylic acids is 1. The van der Waals surface area contributed by atoms with Crippen LogP contribution >= 0.6 is 0 Å². The minimum atomic E-state index is -0.250. The number of nitrogens with one attached hydrogen (secondary N) is 1. The molecule has 2 atom stereocenters. The number of aryl methyl sites for hydroxylation is 2. The van der Waals surface area contributed by atoms with Gasteiger partial charge in [-0.25, -0.2) is 0 Å². The molecule has 1 amide bonds. The van der Waals surface area contributed by atoms with Crippen molar-refractivity contribution in [2.24, 2.45) is 0 Å². The van der Waals surface area contributed by atoms with E-state index in [1.165, 1.54) is 5.56 Å². The van der Waals surface area contributed by atoms with E-state index in [1.54, 1.807) is 0 Å². The minimum Gasteiger partial charge on any atom is -0.360 e. The summed E-state index contributed by atoms with van der Waals surface area (Å²) in [5.74, 6) is 0.570. The van der Waals surface area contributed by atoms with Crippen LogP contribution in [0.25, 0.3) is 0 Å². The monoisotopic (exact) mass is 454 g/mol. The molecule has 34 heavy (non-hydrogen) atoms. The molecule has 0 spiro atoms. The van der Waals surface area contributed by atoms with E-state index in [0.29, 0.717) is 5.69 Å². The Morgan fingerprint density at radius 3 is 2.47 bits per heavy atom. The number of hydrogen-bond donors (Lipinski definition) is 1. The largest absolute Gasteiger partial charge is 0.360 e. The summed E-state index contributed by atoms with van der Waals surface area (Å²) < 4.78 is 7.57. The predicted octanol–water partition coefficient (Wildman–Crippen LogP) is 5.80. The van der Waals surface area contributed by atoms with Gasteiger partial charge in [0.15, 0.2) is 5.69 Å². The fourth-order valence-corrected chi connectivity index (χ4v) is 5.12. The van der Waals surface area contributed by atoms with Crippen molar-refractivity contribution in [2.45, 2.75) is 58.4 Å². The molecule has 2 aromatic heterocycles. The Kier molecular flexibility index (Phi) is 5.60. The van der Waals surface area contributed by atoms with E-state index >= 15 is 0 Å². The molecule has 0 fully saturated rings. The van der Waals surface area contributed by atoms with Crippen LogP contribution in [0, 0.1) is 13.8 Å². The lowest BCUT2D eigenvalue weighted by Crippen LogP contribution is -2.31. The first kappa shape index (κ1) is 22.1. The van der Waals surface area contributed by atoms with E-state index in [2.05, 4.69) is 60.7 Å². The molecule has 0 aliphatic heterocycles. The van der Waals surface area contributed by atoms with Crippen molar-refractivity contribution in [1.82, 2.24) is 14.9 Å². The lowest BCUT2D eigenvalue weighted by atomic mass is 9.70. The van der Waals surface area contributed by atoms with Crippen molar-refractivity contribution in [1.29, 1.82) is 0 Å². The number of nitrogens with zero attached hydrogens (tertiary/aromatic N) is 3. The average molecular weight is 455 g/mol. The van der Waals surface area contributed by atoms with Gasteiger partial charge in [0.05, 0.1) is 23.1 Å². The van der Waals surface area contributed by atoms with Crippen LogP contribution < -0.4 is 5.32 Å². The zero-order chi connectivity index (χ0) is 23.9. The summed E-state index contributed by atoms with van der Waals surface area (Å²) in [5.41, 5.74) is 6.08. The number of carbonyl (C=O) groups is 1. The molecular weight excluding hydrogens is 424 g/mol. The number of hydrogen-bond acceptors (Lipinski definition) is 4. The molecule has 6 nitrogen and oxygen atoms in total. The summed E-state index contributed by atoms with van der Waals surface area (Å²) in [4.78, 5) is 13.4. The predicted molar refractivity (Wildman–Crippen MR) is 132 cm³/mol. The zero-order valence-electron chi connectivity index (χ0n) is 20.1. The van der Waals surface area contributed by atoms with Crippen LogP contribution in [0.2, 0.25) is 0 Å². The molecule has 1 aliphatic rings. The van der Waals surface area contributed by atoms with Gasteiger partial charge >= 0.3 is 0 Å². The number of anilines is 1. The van der Waals surface area contributed by atoms with Crippen LogP contribution in [0.1, 0.15) is 70.6 Å². The van der Waals surface area contributed by atoms with E-state index in [-0.39, 0.29) is 17.4 Å². The van der Waals surface area contributed by atoms with E-state index < -0.39 is 0 Å². The Balaban J connectivity index is 1.41. The van der Waals surface area contributed by atoms with E-state index in [1.807, 2.05) is 42.8 Å². The second-order valence-electron chi connectivity index (χ2n) is 9.57. The van der Waals surface area contributed by atoms with E-state index in [4.69, 9.17) is 9.62 Å². The van der Waals surface area contributed by atoms with Gasteiger partial charge < -0.3 is 9.84 Å². The molecule has 0 radical (unpaired) electrons. The normalized spacial score (nSPS) is 18.4. The lowest BCUT2D eigenvalue weighted by Gasteiger charge is -2.33. The first-order valence-electron chi connectivity index (χ1n) is 11.8. The molecule has 0 saturated heterocycles. The molecule has 2 heterocycles. The standard InChI is InChI=1S/C28H30N4O2/c1-18-25(20(3)32(30-18)19(2)21-11-7-5-8-12-21)29-27(33)26-23-17-28(4,16-15-24(23)34-31-26)22-13-9-6-10-14-22/h5-14,19H,15-17H2,1-4H3,(H,29,33).